The Morgan fingerprint density at radius 2 is 1.87 bits per heavy atom. The van der Waals surface area contributed by atoms with E-state index >= 15 is 0 Å². The Morgan fingerprint density at radius 3 is 2.53 bits per heavy atom. The second-order valence-electron chi connectivity index (χ2n) is 8.12. The zero-order valence-corrected chi connectivity index (χ0v) is 18.5. The van der Waals surface area contributed by atoms with Crippen LogP contribution in [0.2, 0.25) is 0 Å². The van der Waals surface area contributed by atoms with Crippen molar-refractivity contribution in [2.24, 2.45) is 0 Å². The van der Waals surface area contributed by atoms with E-state index in [1.165, 1.54) is 0 Å². The average Bonchev–Trinajstić information content (AvgIpc) is 3.23. The molecule has 1 aliphatic rings. The number of aromatic nitrogens is 2. The fourth-order valence-electron chi connectivity index (χ4n) is 3.61. The van der Waals surface area contributed by atoms with Gasteiger partial charge in [0.25, 0.3) is 0 Å². The largest absolute Gasteiger partial charge is 0.494 e. The van der Waals surface area contributed by atoms with Gasteiger partial charge in [-0.05, 0) is 30.7 Å². The predicted octanol–water partition coefficient (Wildman–Crippen LogP) is 4.04. The number of carbonyl (C=O) groups excluding carboxylic acids is 1. The second-order valence-corrected chi connectivity index (χ2v) is 8.12. The molecule has 7 heteroatoms. The van der Waals surface area contributed by atoms with Crippen molar-refractivity contribution in [3.63, 3.8) is 0 Å². The first-order valence-corrected chi connectivity index (χ1v) is 11.1. The molecule has 7 nitrogen and oxygen atoms in total. The standard InChI is InChI=1S/C23H35N5O2/c1-4-5-18-30-21-8-6-20(7-9-21)25-23(29)28-16-13-26(14-17-28)12-15-27-11-10-24-22(27)19(2)3/h6-11,19H,4-5,12-18H2,1-3H3,(H,25,29). The van der Waals surface area contributed by atoms with Crippen molar-refractivity contribution in [3.8, 4) is 5.75 Å². The Morgan fingerprint density at radius 1 is 1.13 bits per heavy atom. The topological polar surface area (TPSA) is 62.6 Å². The summed E-state index contributed by atoms with van der Waals surface area (Å²) in [6.07, 6.45) is 6.09. The van der Waals surface area contributed by atoms with Crippen LogP contribution in [0.3, 0.4) is 0 Å². The lowest BCUT2D eigenvalue weighted by Crippen LogP contribution is -2.50. The first-order chi connectivity index (χ1) is 14.6. The van der Waals surface area contributed by atoms with Gasteiger partial charge in [0.05, 0.1) is 6.61 Å². The van der Waals surface area contributed by atoms with Gasteiger partial charge in [-0.3, -0.25) is 4.90 Å². The molecule has 1 N–H and O–H groups in total. The molecule has 164 valence electrons. The summed E-state index contributed by atoms with van der Waals surface area (Å²) >= 11 is 0. The molecule has 0 spiro atoms. The SMILES string of the molecule is CCCCOc1ccc(NC(=O)N2CCN(CCn3ccnc3C(C)C)CC2)cc1. The highest BCUT2D eigenvalue weighted by Gasteiger charge is 2.21. The highest BCUT2D eigenvalue weighted by Crippen LogP contribution is 2.17. The minimum Gasteiger partial charge on any atom is -0.494 e. The number of anilines is 1. The fourth-order valence-corrected chi connectivity index (χ4v) is 3.61. The molecule has 0 bridgehead atoms. The summed E-state index contributed by atoms with van der Waals surface area (Å²) < 4.78 is 7.91. The van der Waals surface area contributed by atoms with Crippen LogP contribution in [-0.4, -0.2) is 64.7 Å². The number of hydrogen-bond donors (Lipinski definition) is 1. The smallest absolute Gasteiger partial charge is 0.321 e. The van der Waals surface area contributed by atoms with Crippen molar-refractivity contribution in [2.45, 2.75) is 46.1 Å². The Kier molecular flexibility index (Phi) is 8.13. The van der Waals surface area contributed by atoms with Crippen LogP contribution in [0.5, 0.6) is 5.75 Å². The quantitative estimate of drug-likeness (QED) is 0.631. The zero-order chi connectivity index (χ0) is 21.3. The van der Waals surface area contributed by atoms with Gasteiger partial charge in [0.2, 0.25) is 0 Å². The molecular formula is C23H35N5O2. The molecule has 30 heavy (non-hydrogen) atoms. The lowest BCUT2D eigenvalue weighted by Gasteiger charge is -2.34. The predicted molar refractivity (Wildman–Crippen MR) is 120 cm³/mol. The number of rotatable bonds is 9. The molecule has 0 saturated carbocycles. The van der Waals surface area contributed by atoms with Gasteiger partial charge in [0, 0.05) is 63.3 Å². The highest BCUT2D eigenvalue weighted by atomic mass is 16.5. The molecular weight excluding hydrogens is 378 g/mol. The number of benzene rings is 1. The number of carbonyl (C=O) groups is 1. The van der Waals surface area contributed by atoms with Crippen LogP contribution in [0.4, 0.5) is 10.5 Å². The molecule has 1 saturated heterocycles. The molecule has 2 amide bonds. The van der Waals surface area contributed by atoms with E-state index in [0.29, 0.717) is 5.92 Å². The lowest BCUT2D eigenvalue weighted by atomic mass is 10.2. The van der Waals surface area contributed by atoms with Crippen molar-refractivity contribution in [3.05, 3.63) is 42.5 Å². The number of nitrogens with one attached hydrogen (secondary N) is 1. The Hall–Kier alpha value is -2.54. The zero-order valence-electron chi connectivity index (χ0n) is 18.5. The van der Waals surface area contributed by atoms with E-state index in [1.54, 1.807) is 0 Å². The van der Waals surface area contributed by atoms with Gasteiger partial charge < -0.3 is 19.5 Å². The number of amides is 2. The lowest BCUT2D eigenvalue weighted by molar-refractivity contribution is 0.144. The summed E-state index contributed by atoms with van der Waals surface area (Å²) in [6, 6.07) is 7.57. The molecule has 2 heterocycles. The number of hydrogen-bond acceptors (Lipinski definition) is 4. The number of ether oxygens (including phenoxy) is 1. The molecule has 0 atom stereocenters. The number of imidazole rings is 1. The summed E-state index contributed by atoms with van der Waals surface area (Å²) in [4.78, 5) is 21.3. The van der Waals surface area contributed by atoms with E-state index in [0.717, 1.165) is 76.0 Å². The number of nitrogens with zero attached hydrogens (tertiary/aromatic N) is 4. The Balaban J connectivity index is 1.40. The minimum atomic E-state index is -0.0361. The maximum Gasteiger partial charge on any atom is 0.321 e. The van der Waals surface area contributed by atoms with E-state index in [4.69, 9.17) is 4.74 Å². The number of urea groups is 1. The van der Waals surface area contributed by atoms with E-state index in [2.05, 4.69) is 46.7 Å². The van der Waals surface area contributed by atoms with Gasteiger partial charge in [-0.1, -0.05) is 27.2 Å². The average molecular weight is 414 g/mol. The van der Waals surface area contributed by atoms with Crippen molar-refractivity contribution in [1.29, 1.82) is 0 Å². The van der Waals surface area contributed by atoms with Gasteiger partial charge in [0.15, 0.2) is 0 Å². The molecule has 0 unspecified atom stereocenters. The van der Waals surface area contributed by atoms with E-state index in [1.807, 2.05) is 35.4 Å². The molecule has 1 fully saturated rings. The summed E-state index contributed by atoms with van der Waals surface area (Å²) in [5.74, 6) is 2.40. The summed E-state index contributed by atoms with van der Waals surface area (Å²) in [7, 11) is 0. The van der Waals surface area contributed by atoms with E-state index in [9.17, 15) is 4.79 Å². The third-order valence-electron chi connectivity index (χ3n) is 5.45. The Bertz CT molecular complexity index is 779. The van der Waals surface area contributed by atoms with Gasteiger partial charge in [0.1, 0.15) is 11.6 Å². The monoisotopic (exact) mass is 413 g/mol. The van der Waals surface area contributed by atoms with Gasteiger partial charge in [-0.25, -0.2) is 9.78 Å². The first-order valence-electron chi connectivity index (χ1n) is 11.1. The molecule has 0 aliphatic carbocycles. The van der Waals surface area contributed by atoms with Crippen LogP contribution in [0.15, 0.2) is 36.7 Å². The highest BCUT2D eigenvalue weighted by molar-refractivity contribution is 5.89. The number of unbranched alkanes of at least 4 members (excludes halogenated alkanes) is 1. The molecule has 2 aromatic rings. The van der Waals surface area contributed by atoms with Gasteiger partial charge in [-0.15, -0.1) is 0 Å². The maximum atomic E-state index is 12.6. The minimum absolute atomic E-state index is 0.0361. The van der Waals surface area contributed by atoms with Gasteiger partial charge >= 0.3 is 6.03 Å². The van der Waals surface area contributed by atoms with Crippen LogP contribution >= 0.6 is 0 Å². The van der Waals surface area contributed by atoms with E-state index in [-0.39, 0.29) is 6.03 Å². The Labute approximate surface area is 180 Å². The second kappa shape index (κ2) is 11.0. The van der Waals surface area contributed by atoms with Crippen LogP contribution in [0, 0.1) is 0 Å². The fraction of sp³-hybridized carbons (Fsp3) is 0.565. The summed E-state index contributed by atoms with van der Waals surface area (Å²) in [5.41, 5.74) is 0.798. The van der Waals surface area contributed by atoms with Crippen molar-refractivity contribution in [2.75, 3.05) is 44.6 Å². The first kappa shape index (κ1) is 22.2. The van der Waals surface area contributed by atoms with Crippen LogP contribution in [0.1, 0.15) is 45.4 Å². The van der Waals surface area contributed by atoms with Crippen molar-refractivity contribution < 1.29 is 9.53 Å². The maximum absolute atomic E-state index is 12.6. The van der Waals surface area contributed by atoms with Crippen LogP contribution in [-0.2, 0) is 6.54 Å². The number of piperazine rings is 1. The van der Waals surface area contributed by atoms with Crippen LogP contribution < -0.4 is 10.1 Å². The third-order valence-corrected chi connectivity index (χ3v) is 5.45. The third kappa shape index (κ3) is 6.23. The molecule has 1 aromatic carbocycles. The van der Waals surface area contributed by atoms with Crippen molar-refractivity contribution >= 4 is 11.7 Å². The van der Waals surface area contributed by atoms with Crippen molar-refractivity contribution in [1.82, 2.24) is 19.4 Å². The van der Waals surface area contributed by atoms with Gasteiger partial charge in [-0.2, -0.15) is 0 Å². The van der Waals surface area contributed by atoms with Crippen LogP contribution in [0.25, 0.3) is 0 Å². The molecule has 1 aromatic heterocycles. The summed E-state index contributed by atoms with van der Waals surface area (Å²) in [5, 5.41) is 3.00. The summed E-state index contributed by atoms with van der Waals surface area (Å²) in [6.45, 7) is 12.4. The van der Waals surface area contributed by atoms with E-state index < -0.39 is 0 Å². The normalized spacial score (nSPS) is 14.9. The molecule has 1 aliphatic heterocycles. The molecule has 0 radical (unpaired) electrons. The molecule has 3 rings (SSSR count).